The topological polar surface area (TPSA) is 45.5 Å². The summed E-state index contributed by atoms with van der Waals surface area (Å²) in [7, 11) is 0. The second-order valence-electron chi connectivity index (χ2n) is 4.58. The van der Waals surface area contributed by atoms with E-state index < -0.39 is 0 Å². The SMILES string of the molecule is CCOC1(C(=N)N2CCOCC2)CCCC1. The Bertz CT molecular complexity index is 243. The molecular formula is C12H22N2O2. The van der Waals surface area contributed by atoms with Crippen molar-refractivity contribution in [1.29, 1.82) is 5.41 Å². The van der Waals surface area contributed by atoms with Gasteiger partial charge in [-0.2, -0.15) is 0 Å². The van der Waals surface area contributed by atoms with E-state index in [1.165, 1.54) is 12.8 Å². The number of rotatable bonds is 3. The number of hydrogen-bond donors (Lipinski definition) is 1. The minimum absolute atomic E-state index is 0.286. The van der Waals surface area contributed by atoms with Gasteiger partial charge in [-0.15, -0.1) is 0 Å². The molecule has 4 nitrogen and oxygen atoms in total. The number of amidine groups is 1. The molecule has 0 radical (unpaired) electrons. The monoisotopic (exact) mass is 226 g/mol. The van der Waals surface area contributed by atoms with E-state index in [0.717, 1.165) is 39.1 Å². The van der Waals surface area contributed by atoms with E-state index in [0.29, 0.717) is 12.4 Å². The van der Waals surface area contributed by atoms with Gasteiger partial charge in [0, 0.05) is 19.7 Å². The Balaban J connectivity index is 2.04. The van der Waals surface area contributed by atoms with Crippen molar-refractivity contribution in [3.05, 3.63) is 0 Å². The summed E-state index contributed by atoms with van der Waals surface area (Å²) in [6.07, 6.45) is 4.40. The fourth-order valence-corrected chi connectivity index (χ4v) is 2.75. The van der Waals surface area contributed by atoms with Gasteiger partial charge in [0.25, 0.3) is 0 Å². The summed E-state index contributed by atoms with van der Waals surface area (Å²) in [6.45, 7) is 5.88. The minimum Gasteiger partial charge on any atom is -0.378 e. The van der Waals surface area contributed by atoms with Crippen molar-refractivity contribution in [2.45, 2.75) is 38.2 Å². The summed E-state index contributed by atoms with van der Waals surface area (Å²) >= 11 is 0. The number of morpholine rings is 1. The number of nitrogens with zero attached hydrogens (tertiary/aromatic N) is 1. The van der Waals surface area contributed by atoms with Crippen LogP contribution >= 0.6 is 0 Å². The highest BCUT2D eigenvalue weighted by Crippen LogP contribution is 2.35. The first-order chi connectivity index (χ1) is 7.78. The average molecular weight is 226 g/mol. The lowest BCUT2D eigenvalue weighted by Gasteiger charge is -2.38. The molecule has 1 saturated carbocycles. The average Bonchev–Trinajstić information content (AvgIpc) is 2.80. The van der Waals surface area contributed by atoms with Crippen LogP contribution in [0.25, 0.3) is 0 Å². The smallest absolute Gasteiger partial charge is 0.129 e. The quantitative estimate of drug-likeness (QED) is 0.588. The van der Waals surface area contributed by atoms with E-state index in [1.54, 1.807) is 0 Å². The molecule has 0 atom stereocenters. The van der Waals surface area contributed by atoms with Gasteiger partial charge in [-0.05, 0) is 32.6 Å². The summed E-state index contributed by atoms with van der Waals surface area (Å²) in [4.78, 5) is 2.13. The van der Waals surface area contributed by atoms with Crippen molar-refractivity contribution in [2.24, 2.45) is 0 Å². The van der Waals surface area contributed by atoms with Crippen molar-refractivity contribution in [3.8, 4) is 0 Å². The van der Waals surface area contributed by atoms with Crippen LogP contribution in [0.5, 0.6) is 0 Å². The number of hydrogen-bond acceptors (Lipinski definition) is 3. The molecule has 92 valence electrons. The molecule has 2 aliphatic rings. The first-order valence-electron chi connectivity index (χ1n) is 6.34. The normalized spacial score (nSPS) is 24.7. The minimum atomic E-state index is -0.286. The maximum Gasteiger partial charge on any atom is 0.129 e. The highest BCUT2D eigenvalue weighted by Gasteiger charge is 2.41. The van der Waals surface area contributed by atoms with Gasteiger partial charge in [-0.25, -0.2) is 0 Å². The first kappa shape index (κ1) is 11.9. The fourth-order valence-electron chi connectivity index (χ4n) is 2.75. The Morgan fingerprint density at radius 2 is 1.94 bits per heavy atom. The molecule has 0 unspecified atom stereocenters. The third-order valence-electron chi connectivity index (χ3n) is 3.59. The Morgan fingerprint density at radius 1 is 1.31 bits per heavy atom. The lowest BCUT2D eigenvalue weighted by molar-refractivity contribution is 0.000176. The highest BCUT2D eigenvalue weighted by atomic mass is 16.5. The molecule has 1 aliphatic heterocycles. The van der Waals surface area contributed by atoms with Gasteiger partial charge in [0.15, 0.2) is 0 Å². The van der Waals surface area contributed by atoms with Crippen LogP contribution in [0.15, 0.2) is 0 Å². The molecule has 0 aromatic carbocycles. The van der Waals surface area contributed by atoms with E-state index in [2.05, 4.69) is 4.90 Å². The molecule has 1 N–H and O–H groups in total. The molecule has 16 heavy (non-hydrogen) atoms. The zero-order valence-electron chi connectivity index (χ0n) is 10.1. The first-order valence-corrected chi connectivity index (χ1v) is 6.34. The molecule has 0 amide bonds. The van der Waals surface area contributed by atoms with Crippen LogP contribution in [0.2, 0.25) is 0 Å². The van der Waals surface area contributed by atoms with E-state index in [4.69, 9.17) is 14.9 Å². The van der Waals surface area contributed by atoms with E-state index in [1.807, 2.05) is 6.92 Å². The molecule has 2 rings (SSSR count). The lowest BCUT2D eigenvalue weighted by atomic mass is 9.99. The molecule has 1 saturated heterocycles. The van der Waals surface area contributed by atoms with E-state index in [-0.39, 0.29) is 5.60 Å². The van der Waals surface area contributed by atoms with Crippen LogP contribution in [-0.4, -0.2) is 49.2 Å². The third kappa shape index (κ3) is 2.23. The molecule has 0 spiro atoms. The van der Waals surface area contributed by atoms with Crippen LogP contribution in [-0.2, 0) is 9.47 Å². The molecule has 4 heteroatoms. The van der Waals surface area contributed by atoms with Gasteiger partial charge in [0.2, 0.25) is 0 Å². The van der Waals surface area contributed by atoms with E-state index >= 15 is 0 Å². The van der Waals surface area contributed by atoms with Crippen molar-refractivity contribution < 1.29 is 9.47 Å². The van der Waals surface area contributed by atoms with Crippen molar-refractivity contribution in [2.75, 3.05) is 32.9 Å². The molecular weight excluding hydrogens is 204 g/mol. The van der Waals surface area contributed by atoms with Crippen LogP contribution in [0.4, 0.5) is 0 Å². The summed E-state index contributed by atoms with van der Waals surface area (Å²) in [5.41, 5.74) is -0.286. The standard InChI is InChI=1S/C12H22N2O2/c1-2-16-12(5-3-4-6-12)11(13)14-7-9-15-10-8-14/h13H,2-10H2,1H3. The summed E-state index contributed by atoms with van der Waals surface area (Å²) in [5, 5.41) is 8.38. The van der Waals surface area contributed by atoms with E-state index in [9.17, 15) is 0 Å². The van der Waals surface area contributed by atoms with Gasteiger partial charge >= 0.3 is 0 Å². The van der Waals surface area contributed by atoms with Gasteiger partial charge < -0.3 is 14.4 Å². The number of ether oxygens (including phenoxy) is 2. The summed E-state index contributed by atoms with van der Waals surface area (Å²) in [6, 6.07) is 0. The predicted octanol–water partition coefficient (Wildman–Crippen LogP) is 1.65. The van der Waals surface area contributed by atoms with Crippen molar-refractivity contribution >= 4 is 5.84 Å². The molecule has 0 bridgehead atoms. The maximum absolute atomic E-state index is 8.38. The zero-order valence-corrected chi connectivity index (χ0v) is 10.1. The van der Waals surface area contributed by atoms with Crippen molar-refractivity contribution in [3.63, 3.8) is 0 Å². The Morgan fingerprint density at radius 3 is 2.50 bits per heavy atom. The lowest BCUT2D eigenvalue weighted by Crippen LogP contribution is -2.52. The summed E-state index contributed by atoms with van der Waals surface area (Å²) in [5.74, 6) is 0.690. The van der Waals surface area contributed by atoms with Crippen LogP contribution in [0.3, 0.4) is 0 Å². The van der Waals surface area contributed by atoms with Gasteiger partial charge in [-0.1, -0.05) is 0 Å². The Kier molecular flexibility index (Phi) is 3.82. The zero-order chi connectivity index (χ0) is 11.4. The molecule has 0 aromatic rings. The van der Waals surface area contributed by atoms with Gasteiger partial charge in [0.05, 0.1) is 13.2 Å². The molecule has 2 fully saturated rings. The van der Waals surface area contributed by atoms with Crippen LogP contribution in [0, 0.1) is 5.41 Å². The Hall–Kier alpha value is -0.610. The second kappa shape index (κ2) is 5.15. The summed E-state index contributed by atoms with van der Waals surface area (Å²) < 4.78 is 11.2. The molecule has 1 heterocycles. The van der Waals surface area contributed by atoms with Gasteiger partial charge in [-0.3, -0.25) is 5.41 Å². The molecule has 1 aliphatic carbocycles. The highest BCUT2D eigenvalue weighted by molar-refractivity contribution is 5.88. The van der Waals surface area contributed by atoms with Crippen LogP contribution < -0.4 is 0 Å². The fraction of sp³-hybridized carbons (Fsp3) is 0.917. The molecule has 0 aromatic heterocycles. The number of nitrogens with one attached hydrogen (secondary N) is 1. The Labute approximate surface area is 97.4 Å². The van der Waals surface area contributed by atoms with Crippen LogP contribution in [0.1, 0.15) is 32.6 Å². The maximum atomic E-state index is 8.38. The largest absolute Gasteiger partial charge is 0.378 e. The predicted molar refractivity (Wildman–Crippen MR) is 62.9 cm³/mol. The van der Waals surface area contributed by atoms with Crippen molar-refractivity contribution in [1.82, 2.24) is 4.90 Å². The third-order valence-corrected chi connectivity index (χ3v) is 3.59. The van der Waals surface area contributed by atoms with Gasteiger partial charge in [0.1, 0.15) is 11.4 Å². The second-order valence-corrected chi connectivity index (χ2v) is 4.58.